The zero-order valence-electron chi connectivity index (χ0n) is 10.1. The van der Waals surface area contributed by atoms with Crippen LogP contribution < -0.4 is 5.43 Å². The molecule has 0 spiro atoms. The Morgan fingerprint density at radius 2 is 1.88 bits per heavy atom. The van der Waals surface area contributed by atoms with Crippen LogP contribution in [-0.2, 0) is 11.3 Å². The molecular weight excluding hydrogens is 256 g/mol. The first-order chi connectivity index (χ1) is 8.15. The molecule has 0 amide bonds. The molecule has 1 aromatic carbocycles. The van der Waals surface area contributed by atoms with Crippen molar-refractivity contribution >= 4 is 29.0 Å². The predicted octanol–water partition coefficient (Wildman–Crippen LogP) is 2.99. The second-order valence-electron chi connectivity index (χ2n) is 3.49. The lowest BCUT2D eigenvalue weighted by molar-refractivity contribution is 0.207. The van der Waals surface area contributed by atoms with Crippen LogP contribution in [0.5, 0.6) is 0 Å². The summed E-state index contributed by atoms with van der Waals surface area (Å²) >= 11 is 10.9. The highest BCUT2D eigenvalue weighted by Crippen LogP contribution is 2.10. The van der Waals surface area contributed by atoms with Crippen LogP contribution >= 0.6 is 23.8 Å². The van der Waals surface area contributed by atoms with E-state index in [-0.39, 0.29) is 0 Å². The van der Waals surface area contributed by atoms with Gasteiger partial charge in [0.05, 0.1) is 0 Å². The monoisotopic (exact) mass is 272 g/mol. The summed E-state index contributed by atoms with van der Waals surface area (Å²) in [5, 5.41) is 3.09. The van der Waals surface area contributed by atoms with Gasteiger partial charge < -0.3 is 4.74 Å². The van der Waals surface area contributed by atoms with Crippen LogP contribution in [-0.4, -0.2) is 23.3 Å². The first kappa shape index (κ1) is 14.2. The van der Waals surface area contributed by atoms with Gasteiger partial charge in [0.2, 0.25) is 0 Å². The molecule has 3 nitrogen and oxygen atoms in total. The van der Waals surface area contributed by atoms with E-state index in [2.05, 4.69) is 19.3 Å². The van der Waals surface area contributed by atoms with Crippen molar-refractivity contribution in [2.45, 2.75) is 20.5 Å². The van der Waals surface area contributed by atoms with E-state index in [0.717, 1.165) is 23.7 Å². The van der Waals surface area contributed by atoms with E-state index >= 15 is 0 Å². The van der Waals surface area contributed by atoms with Crippen LogP contribution in [0.3, 0.4) is 0 Å². The van der Waals surface area contributed by atoms with Gasteiger partial charge in [-0.25, -0.2) is 5.01 Å². The van der Waals surface area contributed by atoms with Gasteiger partial charge in [0.25, 0.3) is 5.17 Å². The molecule has 1 N–H and O–H groups in total. The largest absolute Gasteiger partial charge is 0.465 e. The summed E-state index contributed by atoms with van der Waals surface area (Å²) < 4.78 is 5.44. The van der Waals surface area contributed by atoms with Gasteiger partial charge in [-0.3, -0.25) is 5.43 Å². The van der Waals surface area contributed by atoms with Crippen LogP contribution in [0.4, 0.5) is 0 Å². The lowest BCUT2D eigenvalue weighted by atomic mass is 10.2. The molecular formula is C12H17ClN2OS. The lowest BCUT2D eigenvalue weighted by Crippen LogP contribution is -2.41. The van der Waals surface area contributed by atoms with Gasteiger partial charge in [0.1, 0.15) is 6.61 Å². The van der Waals surface area contributed by atoms with Gasteiger partial charge in [0, 0.05) is 18.1 Å². The molecule has 17 heavy (non-hydrogen) atoms. The van der Waals surface area contributed by atoms with E-state index in [0.29, 0.717) is 11.8 Å². The third-order valence-corrected chi connectivity index (χ3v) is 2.76. The second-order valence-corrected chi connectivity index (χ2v) is 4.29. The number of hydrazine groups is 1. The smallest absolute Gasteiger partial charge is 0.271 e. The van der Waals surface area contributed by atoms with Crippen molar-refractivity contribution in [2.24, 2.45) is 0 Å². The Morgan fingerprint density at radius 1 is 1.29 bits per heavy atom. The standard InChI is InChI=1S/C12H17ClN2OS/c1-3-15(4-2)14-12(17)16-9-10-5-7-11(13)8-6-10/h5-8H,3-4,9H2,1-2H3,(H,14,17). The summed E-state index contributed by atoms with van der Waals surface area (Å²) in [5.74, 6) is 0. The molecule has 1 aromatic rings. The van der Waals surface area contributed by atoms with E-state index in [1.807, 2.05) is 29.3 Å². The van der Waals surface area contributed by atoms with Gasteiger partial charge >= 0.3 is 0 Å². The number of nitrogens with one attached hydrogen (secondary N) is 1. The molecule has 0 heterocycles. The molecule has 0 saturated carbocycles. The molecule has 0 aliphatic rings. The van der Waals surface area contributed by atoms with Crippen molar-refractivity contribution in [1.82, 2.24) is 10.4 Å². The zero-order chi connectivity index (χ0) is 12.7. The number of ether oxygens (including phenoxy) is 1. The Bertz CT molecular complexity index is 352. The van der Waals surface area contributed by atoms with Crippen molar-refractivity contribution in [3.8, 4) is 0 Å². The number of hydrogen-bond donors (Lipinski definition) is 1. The second kappa shape index (κ2) is 7.48. The molecule has 0 radical (unpaired) electrons. The van der Waals surface area contributed by atoms with Crippen LogP contribution in [0.25, 0.3) is 0 Å². The highest BCUT2D eigenvalue weighted by atomic mass is 35.5. The fourth-order valence-corrected chi connectivity index (χ4v) is 1.59. The Morgan fingerprint density at radius 3 is 2.41 bits per heavy atom. The number of halogens is 1. The van der Waals surface area contributed by atoms with E-state index in [1.54, 1.807) is 0 Å². The van der Waals surface area contributed by atoms with E-state index < -0.39 is 0 Å². The predicted molar refractivity (Wildman–Crippen MR) is 74.9 cm³/mol. The summed E-state index contributed by atoms with van der Waals surface area (Å²) in [6.45, 7) is 6.31. The van der Waals surface area contributed by atoms with Crippen LogP contribution in [0, 0.1) is 0 Å². The molecule has 1 rings (SSSR count). The molecule has 0 saturated heterocycles. The van der Waals surface area contributed by atoms with Crippen LogP contribution in [0.2, 0.25) is 5.02 Å². The third kappa shape index (κ3) is 5.35. The van der Waals surface area contributed by atoms with E-state index in [4.69, 9.17) is 28.6 Å². The van der Waals surface area contributed by atoms with Crippen molar-refractivity contribution < 1.29 is 4.74 Å². The number of rotatable bonds is 5. The van der Waals surface area contributed by atoms with Crippen LogP contribution in [0.1, 0.15) is 19.4 Å². The van der Waals surface area contributed by atoms with Crippen molar-refractivity contribution in [2.75, 3.05) is 13.1 Å². The molecule has 0 aliphatic heterocycles. The number of thiocarbonyl (C=S) groups is 1. The normalized spacial score (nSPS) is 10.4. The number of hydrogen-bond acceptors (Lipinski definition) is 3. The highest BCUT2D eigenvalue weighted by Gasteiger charge is 2.03. The van der Waals surface area contributed by atoms with Crippen molar-refractivity contribution in [1.29, 1.82) is 0 Å². The quantitative estimate of drug-likeness (QED) is 0.658. The summed E-state index contributed by atoms with van der Waals surface area (Å²) in [6, 6.07) is 7.51. The van der Waals surface area contributed by atoms with E-state index in [9.17, 15) is 0 Å². The van der Waals surface area contributed by atoms with Gasteiger partial charge in [-0.2, -0.15) is 0 Å². The Kier molecular flexibility index (Phi) is 6.26. The number of nitrogens with zero attached hydrogens (tertiary/aromatic N) is 1. The zero-order valence-corrected chi connectivity index (χ0v) is 11.6. The van der Waals surface area contributed by atoms with Gasteiger partial charge in [-0.05, 0) is 29.9 Å². The lowest BCUT2D eigenvalue weighted by Gasteiger charge is -2.20. The fourth-order valence-electron chi connectivity index (χ4n) is 1.27. The fraction of sp³-hybridized carbons (Fsp3) is 0.417. The average molecular weight is 273 g/mol. The Hall–Kier alpha value is -0.840. The van der Waals surface area contributed by atoms with Crippen LogP contribution in [0.15, 0.2) is 24.3 Å². The van der Waals surface area contributed by atoms with Gasteiger partial charge in [-0.1, -0.05) is 37.6 Å². The Balaban J connectivity index is 2.35. The average Bonchev–Trinajstić information content (AvgIpc) is 2.35. The third-order valence-electron chi connectivity index (χ3n) is 2.30. The first-order valence-electron chi connectivity index (χ1n) is 5.58. The summed E-state index contributed by atoms with van der Waals surface area (Å²) in [6.07, 6.45) is 0. The number of benzene rings is 1. The Labute approximate surface area is 113 Å². The molecule has 0 fully saturated rings. The topological polar surface area (TPSA) is 24.5 Å². The molecule has 0 aliphatic carbocycles. The molecule has 0 unspecified atom stereocenters. The minimum atomic E-state index is 0.392. The minimum Gasteiger partial charge on any atom is -0.465 e. The van der Waals surface area contributed by atoms with Crippen molar-refractivity contribution in [3.05, 3.63) is 34.9 Å². The summed E-state index contributed by atoms with van der Waals surface area (Å²) in [5.41, 5.74) is 4.05. The molecule has 94 valence electrons. The SMILES string of the molecule is CCN(CC)NC(=S)OCc1ccc(Cl)cc1. The molecule has 5 heteroatoms. The first-order valence-corrected chi connectivity index (χ1v) is 6.37. The molecule has 0 bridgehead atoms. The minimum absolute atomic E-state index is 0.392. The van der Waals surface area contributed by atoms with Gasteiger partial charge in [-0.15, -0.1) is 0 Å². The summed E-state index contributed by atoms with van der Waals surface area (Å²) in [4.78, 5) is 0. The highest BCUT2D eigenvalue weighted by molar-refractivity contribution is 7.80. The van der Waals surface area contributed by atoms with Crippen molar-refractivity contribution in [3.63, 3.8) is 0 Å². The summed E-state index contributed by atoms with van der Waals surface area (Å²) in [7, 11) is 0. The molecule has 0 aromatic heterocycles. The van der Waals surface area contributed by atoms with E-state index in [1.165, 1.54) is 0 Å². The maximum Gasteiger partial charge on any atom is 0.271 e. The maximum absolute atomic E-state index is 5.80. The van der Waals surface area contributed by atoms with Gasteiger partial charge in [0.15, 0.2) is 0 Å². The molecule has 0 atom stereocenters. The maximum atomic E-state index is 5.80.